The molecule has 0 atom stereocenters. The van der Waals surface area contributed by atoms with Crippen molar-refractivity contribution < 1.29 is 14.3 Å². The molecule has 0 heterocycles. The van der Waals surface area contributed by atoms with Gasteiger partial charge in [0, 0.05) is 6.42 Å². The van der Waals surface area contributed by atoms with Crippen molar-refractivity contribution in [2.45, 2.75) is 94.7 Å². The molecule has 164 valence electrons. The summed E-state index contributed by atoms with van der Waals surface area (Å²) in [6, 6.07) is 8.68. The first-order valence-electron chi connectivity index (χ1n) is 11.1. The number of ether oxygens (including phenoxy) is 1. The molecular formula is C24H36Cl2O3. The zero-order valence-corrected chi connectivity index (χ0v) is 19.3. The van der Waals surface area contributed by atoms with E-state index in [1.807, 2.05) is 6.07 Å². The summed E-state index contributed by atoms with van der Waals surface area (Å²) in [5, 5.41) is 0. The van der Waals surface area contributed by atoms with E-state index in [-0.39, 0.29) is 12.4 Å². The molecule has 0 saturated heterocycles. The van der Waals surface area contributed by atoms with Crippen molar-refractivity contribution in [2.24, 2.45) is 0 Å². The van der Waals surface area contributed by atoms with Crippen LogP contribution in [0.15, 0.2) is 30.3 Å². The highest BCUT2D eigenvalue weighted by molar-refractivity contribution is 6.48. The van der Waals surface area contributed by atoms with Crippen molar-refractivity contribution in [1.82, 2.24) is 0 Å². The number of Topliss-reactive ketones (excluding diaryl/α,β-unsaturated/α-hetero) is 1. The molecule has 0 saturated carbocycles. The van der Waals surface area contributed by atoms with Gasteiger partial charge in [0.25, 0.3) is 0 Å². The van der Waals surface area contributed by atoms with Gasteiger partial charge in [-0.25, -0.2) is 4.79 Å². The second-order valence-electron chi connectivity index (χ2n) is 7.77. The highest BCUT2D eigenvalue weighted by atomic mass is 35.5. The van der Waals surface area contributed by atoms with E-state index in [9.17, 15) is 9.59 Å². The van der Waals surface area contributed by atoms with Crippen molar-refractivity contribution in [3.8, 4) is 0 Å². The van der Waals surface area contributed by atoms with E-state index in [2.05, 4.69) is 6.92 Å². The van der Waals surface area contributed by atoms with Gasteiger partial charge < -0.3 is 4.74 Å². The molecule has 0 bridgehead atoms. The van der Waals surface area contributed by atoms with Crippen LogP contribution in [0.3, 0.4) is 0 Å². The van der Waals surface area contributed by atoms with Crippen LogP contribution in [0.1, 0.15) is 101 Å². The number of alkyl halides is 2. The predicted octanol–water partition coefficient (Wildman–Crippen LogP) is 7.68. The van der Waals surface area contributed by atoms with Gasteiger partial charge in [0.2, 0.25) is 0 Å². The molecule has 1 rings (SSSR count). The number of halogens is 2. The van der Waals surface area contributed by atoms with Crippen LogP contribution in [0.25, 0.3) is 0 Å². The lowest BCUT2D eigenvalue weighted by Crippen LogP contribution is -2.15. The predicted molar refractivity (Wildman–Crippen MR) is 122 cm³/mol. The number of carbonyl (C=O) groups is 2. The average Bonchev–Trinajstić information content (AvgIpc) is 2.72. The van der Waals surface area contributed by atoms with Crippen LogP contribution in [0, 0.1) is 0 Å². The summed E-state index contributed by atoms with van der Waals surface area (Å²) in [7, 11) is 0. The SMILES string of the molecule is CCCCCCCCCCC(Cl)(Cl)CCCCC(=O)COC(=O)c1ccccc1. The van der Waals surface area contributed by atoms with Gasteiger partial charge in [0.1, 0.15) is 10.9 Å². The lowest BCUT2D eigenvalue weighted by atomic mass is 10.0. The standard InChI is InChI=1S/C24H36Cl2O3/c1-2-3-4-5-6-7-8-13-18-24(25,26)19-14-12-17-22(27)20-29-23(28)21-15-10-9-11-16-21/h9-11,15-16H,2-8,12-14,17-20H2,1H3. The van der Waals surface area contributed by atoms with Gasteiger partial charge in [-0.05, 0) is 31.4 Å². The summed E-state index contributed by atoms with van der Waals surface area (Å²) in [5.74, 6) is -0.544. The number of hydrogen-bond donors (Lipinski definition) is 0. The molecule has 1 aromatic rings. The Bertz CT molecular complexity index is 573. The van der Waals surface area contributed by atoms with Gasteiger partial charge in [-0.1, -0.05) is 82.9 Å². The van der Waals surface area contributed by atoms with Crippen LogP contribution < -0.4 is 0 Å². The normalized spacial score (nSPS) is 11.4. The van der Waals surface area contributed by atoms with Gasteiger partial charge in [-0.2, -0.15) is 0 Å². The molecule has 0 amide bonds. The highest BCUT2D eigenvalue weighted by Gasteiger charge is 2.22. The largest absolute Gasteiger partial charge is 0.454 e. The van der Waals surface area contributed by atoms with Crippen LogP contribution in [0.2, 0.25) is 0 Å². The maximum Gasteiger partial charge on any atom is 0.338 e. The molecular weight excluding hydrogens is 407 g/mol. The van der Waals surface area contributed by atoms with Crippen LogP contribution in [-0.2, 0) is 9.53 Å². The van der Waals surface area contributed by atoms with Gasteiger partial charge in [-0.15, -0.1) is 23.2 Å². The summed E-state index contributed by atoms with van der Waals surface area (Å²) in [6.07, 6.45) is 13.4. The van der Waals surface area contributed by atoms with Crippen molar-refractivity contribution in [2.75, 3.05) is 6.61 Å². The fourth-order valence-electron chi connectivity index (χ4n) is 3.22. The summed E-state index contributed by atoms with van der Waals surface area (Å²) >= 11 is 12.8. The van der Waals surface area contributed by atoms with Gasteiger partial charge in [0.05, 0.1) is 5.56 Å². The Kier molecular flexibility index (Phi) is 14.1. The van der Waals surface area contributed by atoms with Crippen molar-refractivity contribution in [3.63, 3.8) is 0 Å². The molecule has 0 unspecified atom stereocenters. The molecule has 0 N–H and O–H groups in total. The van der Waals surface area contributed by atoms with Crippen molar-refractivity contribution >= 4 is 35.0 Å². The summed E-state index contributed by atoms with van der Waals surface area (Å²) in [5.41, 5.74) is 0.454. The number of carbonyl (C=O) groups excluding carboxylic acids is 2. The Morgan fingerprint density at radius 3 is 2.00 bits per heavy atom. The first kappa shape index (κ1) is 26.0. The molecule has 0 spiro atoms. The molecule has 0 aliphatic carbocycles. The zero-order valence-electron chi connectivity index (χ0n) is 17.8. The topological polar surface area (TPSA) is 43.4 Å². The maximum atomic E-state index is 11.9. The minimum absolute atomic E-state index is 0.0768. The lowest BCUT2D eigenvalue weighted by molar-refractivity contribution is -0.122. The minimum Gasteiger partial charge on any atom is -0.454 e. The highest BCUT2D eigenvalue weighted by Crippen LogP contribution is 2.33. The lowest BCUT2D eigenvalue weighted by Gasteiger charge is -2.19. The van der Waals surface area contributed by atoms with E-state index >= 15 is 0 Å². The molecule has 1 aromatic carbocycles. The molecule has 0 fully saturated rings. The summed E-state index contributed by atoms with van der Waals surface area (Å²) in [6.45, 7) is 2.05. The number of rotatable bonds is 17. The fourth-order valence-corrected chi connectivity index (χ4v) is 3.76. The number of ketones is 1. The number of hydrogen-bond acceptors (Lipinski definition) is 3. The first-order chi connectivity index (χ1) is 13.9. The van der Waals surface area contributed by atoms with Crippen molar-refractivity contribution in [1.29, 1.82) is 0 Å². The van der Waals surface area contributed by atoms with E-state index in [0.717, 1.165) is 19.3 Å². The summed E-state index contributed by atoms with van der Waals surface area (Å²) < 4.78 is 4.35. The minimum atomic E-state index is -0.703. The van der Waals surface area contributed by atoms with Crippen LogP contribution >= 0.6 is 23.2 Å². The van der Waals surface area contributed by atoms with E-state index in [4.69, 9.17) is 27.9 Å². The Balaban J connectivity index is 2.04. The van der Waals surface area contributed by atoms with Crippen LogP contribution in [0.4, 0.5) is 0 Å². The Morgan fingerprint density at radius 1 is 0.828 bits per heavy atom. The van der Waals surface area contributed by atoms with E-state index < -0.39 is 10.3 Å². The zero-order chi connectivity index (χ0) is 21.4. The smallest absolute Gasteiger partial charge is 0.338 e. The first-order valence-corrected chi connectivity index (χ1v) is 11.8. The van der Waals surface area contributed by atoms with Gasteiger partial charge >= 0.3 is 5.97 Å². The summed E-state index contributed by atoms with van der Waals surface area (Å²) in [4.78, 5) is 23.7. The molecule has 0 radical (unpaired) electrons. The van der Waals surface area contributed by atoms with Crippen LogP contribution in [0.5, 0.6) is 0 Å². The molecule has 29 heavy (non-hydrogen) atoms. The Hall–Kier alpha value is -1.06. The quantitative estimate of drug-likeness (QED) is 0.141. The Morgan fingerprint density at radius 2 is 1.38 bits per heavy atom. The van der Waals surface area contributed by atoms with E-state index in [1.165, 1.54) is 44.9 Å². The molecule has 0 aliphatic rings. The second kappa shape index (κ2) is 15.7. The average molecular weight is 443 g/mol. The van der Waals surface area contributed by atoms with E-state index in [0.29, 0.717) is 24.8 Å². The van der Waals surface area contributed by atoms with Crippen molar-refractivity contribution in [3.05, 3.63) is 35.9 Å². The molecule has 3 nitrogen and oxygen atoms in total. The molecule has 0 aromatic heterocycles. The monoisotopic (exact) mass is 442 g/mol. The maximum absolute atomic E-state index is 11.9. The number of unbranched alkanes of at least 4 members (excludes halogenated alkanes) is 8. The molecule has 0 aliphatic heterocycles. The van der Waals surface area contributed by atoms with E-state index in [1.54, 1.807) is 24.3 Å². The van der Waals surface area contributed by atoms with Crippen LogP contribution in [-0.4, -0.2) is 22.7 Å². The number of esters is 1. The number of benzene rings is 1. The Labute approximate surface area is 186 Å². The fraction of sp³-hybridized carbons (Fsp3) is 0.667. The third-order valence-electron chi connectivity index (χ3n) is 5.02. The van der Waals surface area contributed by atoms with Gasteiger partial charge in [-0.3, -0.25) is 4.79 Å². The van der Waals surface area contributed by atoms with Gasteiger partial charge in [0.15, 0.2) is 5.78 Å². The third-order valence-corrected chi connectivity index (χ3v) is 5.77. The molecule has 5 heteroatoms. The second-order valence-corrected chi connectivity index (χ2v) is 9.41. The third kappa shape index (κ3) is 13.7.